The van der Waals surface area contributed by atoms with Crippen LogP contribution in [-0.4, -0.2) is 24.9 Å². The smallest absolute Gasteiger partial charge is 0.287 e. The van der Waals surface area contributed by atoms with Crippen molar-refractivity contribution >= 4 is 0 Å². The lowest BCUT2D eigenvalue weighted by molar-refractivity contribution is 0.421. The maximum Gasteiger partial charge on any atom is 0.287 e. The minimum Gasteiger partial charge on any atom is -0.364 e. The Morgan fingerprint density at radius 2 is 1.82 bits per heavy atom. The molecule has 0 amide bonds. The SMILES string of the molecule is O=c1[nH]c(-c2cc(-c3ccon3)n(Cc3c(F)ccc(F)c3F)n2)ncc1F. The molecule has 0 bridgehead atoms. The van der Waals surface area contributed by atoms with Crippen molar-refractivity contribution < 1.29 is 22.1 Å². The van der Waals surface area contributed by atoms with E-state index in [0.717, 1.165) is 16.9 Å². The molecule has 4 aromatic rings. The molecule has 0 spiro atoms. The summed E-state index contributed by atoms with van der Waals surface area (Å²) in [5.74, 6) is -4.68. The lowest BCUT2D eigenvalue weighted by Crippen LogP contribution is -2.13. The summed E-state index contributed by atoms with van der Waals surface area (Å²) in [6, 6.07) is 4.35. The average molecular weight is 391 g/mol. The number of hydrogen-bond acceptors (Lipinski definition) is 5. The molecule has 0 unspecified atom stereocenters. The molecule has 0 saturated heterocycles. The zero-order chi connectivity index (χ0) is 19.8. The van der Waals surface area contributed by atoms with Crippen molar-refractivity contribution in [2.45, 2.75) is 6.54 Å². The van der Waals surface area contributed by atoms with Gasteiger partial charge in [-0.15, -0.1) is 0 Å². The fourth-order valence-electron chi connectivity index (χ4n) is 2.58. The van der Waals surface area contributed by atoms with Crippen LogP contribution in [0.15, 0.2) is 46.0 Å². The van der Waals surface area contributed by atoms with E-state index in [2.05, 4.69) is 20.2 Å². The quantitative estimate of drug-likeness (QED) is 0.427. The highest BCUT2D eigenvalue weighted by molar-refractivity contribution is 5.62. The lowest BCUT2D eigenvalue weighted by Gasteiger charge is -2.08. The molecule has 1 N–H and O–H groups in total. The maximum atomic E-state index is 14.1. The van der Waals surface area contributed by atoms with Crippen molar-refractivity contribution in [3.63, 3.8) is 0 Å². The van der Waals surface area contributed by atoms with Crippen LogP contribution in [0.5, 0.6) is 0 Å². The second kappa shape index (κ2) is 6.76. The molecule has 0 aliphatic carbocycles. The van der Waals surface area contributed by atoms with E-state index < -0.39 is 40.9 Å². The molecule has 7 nitrogen and oxygen atoms in total. The normalized spacial score (nSPS) is 11.1. The van der Waals surface area contributed by atoms with Crippen LogP contribution < -0.4 is 5.56 Å². The number of aromatic nitrogens is 5. The number of nitrogens with one attached hydrogen (secondary N) is 1. The summed E-state index contributed by atoms with van der Waals surface area (Å²) in [6.45, 7) is -0.483. The van der Waals surface area contributed by atoms with Crippen LogP contribution in [0, 0.1) is 23.3 Å². The van der Waals surface area contributed by atoms with Gasteiger partial charge < -0.3 is 9.51 Å². The third-order valence-corrected chi connectivity index (χ3v) is 3.93. The Kier molecular flexibility index (Phi) is 4.26. The Hall–Kier alpha value is -3.76. The Morgan fingerprint density at radius 1 is 1.04 bits per heavy atom. The van der Waals surface area contributed by atoms with E-state index in [4.69, 9.17) is 4.52 Å². The molecular formula is C17H9F4N5O2. The molecule has 0 atom stereocenters. The van der Waals surface area contributed by atoms with Crippen LogP contribution in [0.3, 0.4) is 0 Å². The maximum absolute atomic E-state index is 14.1. The van der Waals surface area contributed by atoms with Gasteiger partial charge in [-0.2, -0.15) is 9.49 Å². The predicted molar refractivity (Wildman–Crippen MR) is 87.0 cm³/mol. The Labute approximate surface area is 153 Å². The molecule has 0 aliphatic heterocycles. The third-order valence-electron chi connectivity index (χ3n) is 3.93. The molecule has 4 rings (SSSR count). The number of aromatic amines is 1. The van der Waals surface area contributed by atoms with Crippen molar-refractivity contribution in [2.75, 3.05) is 0 Å². The fraction of sp³-hybridized carbons (Fsp3) is 0.0588. The molecule has 3 heterocycles. The summed E-state index contributed by atoms with van der Waals surface area (Å²) in [6.07, 6.45) is 1.99. The first-order valence-corrected chi connectivity index (χ1v) is 7.80. The number of benzene rings is 1. The number of hydrogen-bond donors (Lipinski definition) is 1. The number of nitrogens with zero attached hydrogens (tertiary/aromatic N) is 4. The second-order valence-electron chi connectivity index (χ2n) is 5.69. The van der Waals surface area contributed by atoms with Crippen molar-refractivity contribution in [3.05, 3.63) is 75.9 Å². The second-order valence-corrected chi connectivity index (χ2v) is 5.69. The summed E-state index contributed by atoms with van der Waals surface area (Å²) in [7, 11) is 0. The first-order chi connectivity index (χ1) is 13.4. The van der Waals surface area contributed by atoms with E-state index in [-0.39, 0.29) is 22.9 Å². The highest BCUT2D eigenvalue weighted by Gasteiger charge is 2.20. The Morgan fingerprint density at radius 3 is 2.54 bits per heavy atom. The van der Waals surface area contributed by atoms with Crippen molar-refractivity contribution in [1.29, 1.82) is 0 Å². The van der Waals surface area contributed by atoms with Gasteiger partial charge in [0.2, 0.25) is 5.82 Å². The summed E-state index contributed by atoms with van der Waals surface area (Å²) in [5.41, 5.74) is -0.976. The van der Waals surface area contributed by atoms with Gasteiger partial charge in [-0.25, -0.2) is 18.2 Å². The van der Waals surface area contributed by atoms with Gasteiger partial charge in [0, 0.05) is 11.6 Å². The van der Waals surface area contributed by atoms with E-state index in [1.54, 1.807) is 0 Å². The topological polar surface area (TPSA) is 89.6 Å². The first kappa shape index (κ1) is 17.6. The third kappa shape index (κ3) is 3.06. The molecular weight excluding hydrogens is 382 g/mol. The zero-order valence-corrected chi connectivity index (χ0v) is 13.8. The number of H-pyrrole nitrogens is 1. The highest BCUT2D eigenvalue weighted by Crippen LogP contribution is 2.25. The van der Waals surface area contributed by atoms with E-state index in [0.29, 0.717) is 6.07 Å². The van der Waals surface area contributed by atoms with E-state index >= 15 is 0 Å². The minimum atomic E-state index is -1.35. The summed E-state index contributed by atoms with van der Waals surface area (Å²) < 4.78 is 60.7. The van der Waals surface area contributed by atoms with Crippen LogP contribution in [0.4, 0.5) is 17.6 Å². The van der Waals surface area contributed by atoms with Crippen LogP contribution in [0.1, 0.15) is 5.56 Å². The predicted octanol–water partition coefficient (Wildman–Crippen LogP) is 2.89. The van der Waals surface area contributed by atoms with Crippen molar-refractivity contribution in [3.8, 4) is 22.9 Å². The standard InChI is InChI=1S/C17H9F4N5O2/c18-9-1-2-10(19)15(21)8(9)7-26-14(12-3-4-28-25-12)5-13(24-26)16-22-6-11(20)17(27)23-16/h1-6H,7H2,(H,22,23,27). The van der Waals surface area contributed by atoms with Gasteiger partial charge in [0.25, 0.3) is 5.56 Å². The first-order valence-electron chi connectivity index (χ1n) is 7.80. The number of rotatable bonds is 4. The van der Waals surface area contributed by atoms with Crippen LogP contribution >= 0.6 is 0 Å². The van der Waals surface area contributed by atoms with Gasteiger partial charge in [-0.05, 0) is 18.2 Å². The van der Waals surface area contributed by atoms with Crippen molar-refractivity contribution in [2.24, 2.45) is 0 Å². The van der Waals surface area contributed by atoms with Crippen LogP contribution in [-0.2, 0) is 6.54 Å². The zero-order valence-electron chi connectivity index (χ0n) is 13.8. The van der Waals surface area contributed by atoms with Gasteiger partial charge in [0.1, 0.15) is 23.5 Å². The molecule has 28 heavy (non-hydrogen) atoms. The Bertz CT molecular complexity index is 1220. The van der Waals surface area contributed by atoms with Crippen LogP contribution in [0.25, 0.3) is 22.9 Å². The van der Waals surface area contributed by atoms with Gasteiger partial charge in [-0.3, -0.25) is 9.48 Å². The summed E-state index contributed by atoms with van der Waals surface area (Å²) >= 11 is 0. The highest BCUT2D eigenvalue weighted by atomic mass is 19.2. The molecule has 11 heteroatoms. The largest absolute Gasteiger partial charge is 0.364 e. The molecule has 3 aromatic heterocycles. The van der Waals surface area contributed by atoms with Crippen LogP contribution in [0.2, 0.25) is 0 Å². The van der Waals surface area contributed by atoms with Gasteiger partial charge in [0.05, 0.1) is 18.4 Å². The summed E-state index contributed by atoms with van der Waals surface area (Å²) in [5, 5.41) is 7.88. The monoisotopic (exact) mass is 391 g/mol. The molecule has 1 aromatic carbocycles. The van der Waals surface area contributed by atoms with Crippen molar-refractivity contribution in [1.82, 2.24) is 24.9 Å². The fourth-order valence-corrected chi connectivity index (χ4v) is 2.58. The van der Waals surface area contributed by atoms with Gasteiger partial charge >= 0.3 is 0 Å². The van der Waals surface area contributed by atoms with Gasteiger partial charge in [-0.1, -0.05) is 5.16 Å². The van der Waals surface area contributed by atoms with Gasteiger partial charge in [0.15, 0.2) is 17.5 Å². The molecule has 0 aliphatic rings. The van der Waals surface area contributed by atoms with E-state index in [1.165, 1.54) is 18.4 Å². The molecule has 0 fully saturated rings. The molecule has 0 radical (unpaired) electrons. The van der Waals surface area contributed by atoms with E-state index in [9.17, 15) is 22.4 Å². The lowest BCUT2D eigenvalue weighted by atomic mass is 10.2. The molecule has 0 saturated carbocycles. The number of halogens is 4. The van der Waals surface area contributed by atoms with E-state index in [1.807, 2.05) is 0 Å². The Balaban J connectivity index is 1.84. The summed E-state index contributed by atoms with van der Waals surface area (Å²) in [4.78, 5) is 17.4. The minimum absolute atomic E-state index is 0.0740. The average Bonchev–Trinajstić information content (AvgIpc) is 3.34. The molecule has 142 valence electrons.